The topological polar surface area (TPSA) is 21.3 Å². The number of benzene rings is 2. The molecule has 0 saturated carbocycles. The van der Waals surface area contributed by atoms with Crippen molar-refractivity contribution in [1.29, 1.82) is 0 Å². The van der Waals surface area contributed by atoms with E-state index in [0.717, 1.165) is 42.8 Å². The highest BCUT2D eigenvalue weighted by molar-refractivity contribution is 6.32. The molecule has 0 radical (unpaired) electrons. The largest absolute Gasteiger partial charge is 0.492 e. The summed E-state index contributed by atoms with van der Waals surface area (Å²) < 4.78 is 5.75. The van der Waals surface area contributed by atoms with E-state index in [0.29, 0.717) is 11.6 Å². The van der Waals surface area contributed by atoms with Gasteiger partial charge in [0.1, 0.15) is 5.75 Å². The quantitative estimate of drug-likeness (QED) is 0.709. The number of halogens is 1. The number of ether oxygens (including phenoxy) is 1. The molecular formula is C18H22ClNO. The second-order valence-corrected chi connectivity index (χ2v) is 5.33. The first kappa shape index (κ1) is 15.9. The summed E-state index contributed by atoms with van der Waals surface area (Å²) in [5.41, 5.74) is 2.27. The van der Waals surface area contributed by atoms with E-state index in [9.17, 15) is 0 Å². The lowest BCUT2D eigenvalue weighted by atomic mass is 10.1. The summed E-state index contributed by atoms with van der Waals surface area (Å²) >= 11 is 6.30. The minimum Gasteiger partial charge on any atom is -0.492 e. The normalized spacial score (nSPS) is 10.6. The van der Waals surface area contributed by atoms with Gasteiger partial charge in [0, 0.05) is 0 Å². The van der Waals surface area contributed by atoms with Crippen molar-refractivity contribution in [3.63, 3.8) is 0 Å². The first-order valence-electron chi connectivity index (χ1n) is 7.49. The molecule has 2 nitrogen and oxygen atoms in total. The summed E-state index contributed by atoms with van der Waals surface area (Å²) in [5, 5.41) is 3.97. The van der Waals surface area contributed by atoms with Crippen molar-refractivity contribution in [3.05, 3.63) is 53.6 Å². The second-order valence-electron chi connectivity index (χ2n) is 4.92. The minimum absolute atomic E-state index is 0.669. The molecule has 1 N–H and O–H groups in total. The number of hydrogen-bond donors (Lipinski definition) is 1. The molecule has 2 rings (SSSR count). The van der Waals surface area contributed by atoms with Gasteiger partial charge in [0.2, 0.25) is 0 Å². The Morgan fingerprint density at radius 1 is 1.00 bits per heavy atom. The van der Waals surface area contributed by atoms with Crippen molar-refractivity contribution in [2.24, 2.45) is 0 Å². The Labute approximate surface area is 132 Å². The average molecular weight is 304 g/mol. The van der Waals surface area contributed by atoms with E-state index in [1.807, 2.05) is 30.3 Å². The van der Waals surface area contributed by atoms with Crippen LogP contribution in [0.3, 0.4) is 0 Å². The maximum absolute atomic E-state index is 6.30. The highest BCUT2D eigenvalue weighted by Gasteiger charge is 2.04. The highest BCUT2D eigenvalue weighted by atomic mass is 35.5. The fourth-order valence-corrected chi connectivity index (χ4v) is 2.37. The zero-order valence-corrected chi connectivity index (χ0v) is 13.2. The van der Waals surface area contributed by atoms with E-state index < -0.39 is 0 Å². The summed E-state index contributed by atoms with van der Waals surface area (Å²) in [6.45, 7) is 4.88. The van der Waals surface area contributed by atoms with Crippen molar-refractivity contribution in [2.45, 2.75) is 19.8 Å². The summed E-state index contributed by atoms with van der Waals surface area (Å²) in [4.78, 5) is 0. The SMILES string of the molecule is CCNCCCCOc1ccc(-c2ccccc2)cc1Cl. The maximum atomic E-state index is 6.30. The number of hydrogen-bond acceptors (Lipinski definition) is 2. The van der Waals surface area contributed by atoms with Crippen LogP contribution in [-0.2, 0) is 0 Å². The fraction of sp³-hybridized carbons (Fsp3) is 0.333. The van der Waals surface area contributed by atoms with Crippen LogP contribution in [0.2, 0.25) is 5.02 Å². The third-order valence-corrected chi connectivity index (χ3v) is 3.59. The molecule has 21 heavy (non-hydrogen) atoms. The van der Waals surface area contributed by atoms with E-state index in [-0.39, 0.29) is 0 Å². The zero-order valence-electron chi connectivity index (χ0n) is 12.4. The van der Waals surface area contributed by atoms with Crippen molar-refractivity contribution >= 4 is 11.6 Å². The molecule has 0 unspecified atom stereocenters. The Balaban J connectivity index is 1.88. The monoisotopic (exact) mass is 303 g/mol. The Bertz CT molecular complexity index is 542. The van der Waals surface area contributed by atoms with E-state index in [1.165, 1.54) is 0 Å². The van der Waals surface area contributed by atoms with Crippen LogP contribution >= 0.6 is 11.6 Å². The van der Waals surface area contributed by atoms with E-state index in [4.69, 9.17) is 16.3 Å². The van der Waals surface area contributed by atoms with Crippen LogP contribution < -0.4 is 10.1 Å². The maximum Gasteiger partial charge on any atom is 0.137 e. The smallest absolute Gasteiger partial charge is 0.137 e. The lowest BCUT2D eigenvalue weighted by molar-refractivity contribution is 0.306. The molecular weight excluding hydrogens is 282 g/mol. The van der Waals surface area contributed by atoms with Crippen molar-refractivity contribution < 1.29 is 4.74 Å². The molecule has 0 saturated heterocycles. The molecule has 0 atom stereocenters. The molecule has 2 aromatic rings. The molecule has 0 fully saturated rings. The Kier molecular flexibility index (Phi) is 6.58. The second kappa shape index (κ2) is 8.71. The minimum atomic E-state index is 0.669. The van der Waals surface area contributed by atoms with Gasteiger partial charge in [-0.2, -0.15) is 0 Å². The molecule has 0 aliphatic carbocycles. The van der Waals surface area contributed by atoms with Crippen molar-refractivity contribution in [1.82, 2.24) is 5.32 Å². The van der Waals surface area contributed by atoms with Gasteiger partial charge < -0.3 is 10.1 Å². The number of nitrogens with one attached hydrogen (secondary N) is 1. The molecule has 0 amide bonds. The summed E-state index contributed by atoms with van der Waals surface area (Å²) in [6.07, 6.45) is 2.15. The van der Waals surface area contributed by atoms with Gasteiger partial charge in [0.25, 0.3) is 0 Å². The van der Waals surface area contributed by atoms with Gasteiger partial charge in [-0.05, 0) is 49.2 Å². The molecule has 2 aromatic carbocycles. The Morgan fingerprint density at radius 2 is 1.81 bits per heavy atom. The van der Waals surface area contributed by atoms with Gasteiger partial charge in [-0.1, -0.05) is 54.9 Å². The Hall–Kier alpha value is -1.51. The first-order valence-corrected chi connectivity index (χ1v) is 7.87. The zero-order chi connectivity index (χ0) is 14.9. The Morgan fingerprint density at radius 3 is 2.52 bits per heavy atom. The first-order chi connectivity index (χ1) is 10.3. The van der Waals surface area contributed by atoms with Crippen LogP contribution in [-0.4, -0.2) is 19.7 Å². The van der Waals surface area contributed by atoms with Gasteiger partial charge in [-0.3, -0.25) is 0 Å². The lowest BCUT2D eigenvalue weighted by Crippen LogP contribution is -2.14. The van der Waals surface area contributed by atoms with E-state index >= 15 is 0 Å². The van der Waals surface area contributed by atoms with E-state index in [1.54, 1.807) is 0 Å². The predicted octanol–water partition coefficient (Wildman–Crippen LogP) is 4.78. The molecule has 0 spiro atoms. The predicted molar refractivity (Wildman–Crippen MR) is 90.2 cm³/mol. The third kappa shape index (κ3) is 5.07. The molecule has 112 valence electrons. The van der Waals surface area contributed by atoms with E-state index in [2.05, 4.69) is 30.4 Å². The summed E-state index contributed by atoms with van der Waals surface area (Å²) in [6, 6.07) is 16.2. The lowest BCUT2D eigenvalue weighted by Gasteiger charge is -2.10. The molecule has 0 aromatic heterocycles. The van der Waals surface area contributed by atoms with Crippen LogP contribution in [0.15, 0.2) is 48.5 Å². The molecule has 3 heteroatoms. The standard InChI is InChI=1S/C18H22ClNO/c1-2-20-12-6-7-13-21-18-11-10-16(14-17(18)19)15-8-4-3-5-9-15/h3-5,8-11,14,20H,2,6-7,12-13H2,1H3. The molecule has 0 aliphatic heterocycles. The van der Waals surface area contributed by atoms with Gasteiger partial charge in [0.15, 0.2) is 0 Å². The van der Waals surface area contributed by atoms with Crippen LogP contribution in [0.1, 0.15) is 19.8 Å². The van der Waals surface area contributed by atoms with Gasteiger partial charge in [-0.25, -0.2) is 0 Å². The summed E-state index contributed by atoms with van der Waals surface area (Å²) in [7, 11) is 0. The van der Waals surface area contributed by atoms with Crippen LogP contribution in [0, 0.1) is 0 Å². The van der Waals surface area contributed by atoms with Crippen molar-refractivity contribution in [2.75, 3.05) is 19.7 Å². The van der Waals surface area contributed by atoms with Crippen LogP contribution in [0.5, 0.6) is 5.75 Å². The van der Waals surface area contributed by atoms with Gasteiger partial charge in [-0.15, -0.1) is 0 Å². The molecule has 0 bridgehead atoms. The fourth-order valence-electron chi connectivity index (χ4n) is 2.14. The van der Waals surface area contributed by atoms with Gasteiger partial charge in [0.05, 0.1) is 11.6 Å². The average Bonchev–Trinajstić information content (AvgIpc) is 2.53. The highest BCUT2D eigenvalue weighted by Crippen LogP contribution is 2.30. The van der Waals surface area contributed by atoms with Crippen LogP contribution in [0.25, 0.3) is 11.1 Å². The van der Waals surface area contributed by atoms with Crippen molar-refractivity contribution in [3.8, 4) is 16.9 Å². The number of rotatable bonds is 8. The van der Waals surface area contributed by atoms with Crippen LogP contribution in [0.4, 0.5) is 0 Å². The third-order valence-electron chi connectivity index (χ3n) is 3.29. The summed E-state index contributed by atoms with van der Waals surface area (Å²) in [5.74, 6) is 0.764. The number of unbranched alkanes of at least 4 members (excludes halogenated alkanes) is 1. The molecule has 0 aliphatic rings. The molecule has 0 heterocycles. The van der Waals surface area contributed by atoms with Gasteiger partial charge >= 0.3 is 0 Å².